The van der Waals surface area contributed by atoms with Crippen LogP contribution in [0.15, 0.2) is 36.5 Å². The van der Waals surface area contributed by atoms with Gasteiger partial charge in [-0.15, -0.1) is 0 Å². The first-order valence-corrected chi connectivity index (χ1v) is 6.84. The number of benzene rings is 1. The van der Waals surface area contributed by atoms with E-state index < -0.39 is 0 Å². The Balaban J connectivity index is 2.39. The second kappa shape index (κ2) is 6.80. The maximum Gasteiger partial charge on any atom is 0.341 e. The SMILES string of the molecule is CCCc1nc(-c2ccccc2)ncc1C(=O)OCC. The van der Waals surface area contributed by atoms with E-state index in [0.717, 1.165) is 24.1 Å². The number of aromatic nitrogens is 2. The summed E-state index contributed by atoms with van der Waals surface area (Å²) in [7, 11) is 0. The molecule has 1 heterocycles. The van der Waals surface area contributed by atoms with Crippen LogP contribution in [-0.4, -0.2) is 22.5 Å². The fraction of sp³-hybridized carbons (Fsp3) is 0.312. The first kappa shape index (κ1) is 14.2. The van der Waals surface area contributed by atoms with Gasteiger partial charge in [0, 0.05) is 11.8 Å². The van der Waals surface area contributed by atoms with E-state index in [-0.39, 0.29) is 5.97 Å². The molecule has 0 amide bonds. The molecular formula is C16H18N2O2. The Morgan fingerprint density at radius 3 is 2.60 bits per heavy atom. The van der Waals surface area contributed by atoms with Gasteiger partial charge >= 0.3 is 5.97 Å². The van der Waals surface area contributed by atoms with Crippen LogP contribution in [0.25, 0.3) is 11.4 Å². The third-order valence-corrected chi connectivity index (χ3v) is 2.88. The minimum Gasteiger partial charge on any atom is -0.462 e. The van der Waals surface area contributed by atoms with E-state index in [1.54, 1.807) is 13.1 Å². The molecule has 0 aliphatic heterocycles. The summed E-state index contributed by atoms with van der Waals surface area (Å²) >= 11 is 0. The standard InChI is InChI=1S/C16H18N2O2/c1-3-8-14-13(16(19)20-4-2)11-17-15(18-14)12-9-6-5-7-10-12/h5-7,9-11H,3-4,8H2,1-2H3. The van der Waals surface area contributed by atoms with Gasteiger partial charge in [-0.3, -0.25) is 0 Å². The number of carbonyl (C=O) groups excluding carboxylic acids is 1. The number of rotatable bonds is 5. The Morgan fingerprint density at radius 2 is 1.95 bits per heavy atom. The minimum absolute atomic E-state index is 0.351. The van der Waals surface area contributed by atoms with E-state index in [1.807, 2.05) is 30.3 Å². The zero-order valence-corrected chi connectivity index (χ0v) is 11.8. The van der Waals surface area contributed by atoms with E-state index in [9.17, 15) is 4.79 Å². The zero-order chi connectivity index (χ0) is 14.4. The van der Waals surface area contributed by atoms with Crippen LogP contribution in [0.3, 0.4) is 0 Å². The summed E-state index contributed by atoms with van der Waals surface area (Å²) in [6.07, 6.45) is 3.21. The van der Waals surface area contributed by atoms with Gasteiger partial charge in [0.05, 0.1) is 17.9 Å². The van der Waals surface area contributed by atoms with Crippen LogP contribution >= 0.6 is 0 Å². The van der Waals surface area contributed by atoms with Gasteiger partial charge in [-0.25, -0.2) is 14.8 Å². The highest BCUT2D eigenvalue weighted by Crippen LogP contribution is 2.17. The average molecular weight is 270 g/mol. The average Bonchev–Trinajstić information content (AvgIpc) is 2.48. The van der Waals surface area contributed by atoms with Gasteiger partial charge in [0.25, 0.3) is 0 Å². The van der Waals surface area contributed by atoms with Crippen LogP contribution in [0.2, 0.25) is 0 Å². The number of esters is 1. The maximum absolute atomic E-state index is 11.9. The number of aryl methyl sites for hydroxylation is 1. The van der Waals surface area contributed by atoms with Gasteiger partial charge in [0.2, 0.25) is 0 Å². The van der Waals surface area contributed by atoms with Crippen LogP contribution in [-0.2, 0) is 11.2 Å². The van der Waals surface area contributed by atoms with Crippen LogP contribution in [0.1, 0.15) is 36.3 Å². The van der Waals surface area contributed by atoms with E-state index in [1.165, 1.54) is 0 Å². The number of hydrogen-bond donors (Lipinski definition) is 0. The van der Waals surface area contributed by atoms with Crippen molar-refractivity contribution >= 4 is 5.97 Å². The lowest BCUT2D eigenvalue weighted by atomic mass is 10.1. The number of ether oxygens (including phenoxy) is 1. The summed E-state index contributed by atoms with van der Waals surface area (Å²) in [6, 6.07) is 9.74. The van der Waals surface area contributed by atoms with Crippen LogP contribution in [0, 0.1) is 0 Å². The van der Waals surface area contributed by atoms with Gasteiger partial charge in [0.1, 0.15) is 0 Å². The van der Waals surface area contributed by atoms with E-state index >= 15 is 0 Å². The second-order valence-electron chi connectivity index (χ2n) is 4.39. The predicted molar refractivity (Wildman–Crippen MR) is 77.4 cm³/mol. The summed E-state index contributed by atoms with van der Waals surface area (Å²) in [5.41, 5.74) is 2.16. The van der Waals surface area contributed by atoms with Crippen LogP contribution in [0.5, 0.6) is 0 Å². The van der Waals surface area contributed by atoms with Gasteiger partial charge in [-0.05, 0) is 13.3 Å². The first-order valence-electron chi connectivity index (χ1n) is 6.84. The van der Waals surface area contributed by atoms with Gasteiger partial charge < -0.3 is 4.74 Å². The second-order valence-corrected chi connectivity index (χ2v) is 4.39. The molecule has 104 valence electrons. The lowest BCUT2D eigenvalue weighted by Crippen LogP contribution is -2.11. The quantitative estimate of drug-likeness (QED) is 0.782. The van der Waals surface area contributed by atoms with Crippen molar-refractivity contribution in [2.24, 2.45) is 0 Å². The highest BCUT2D eigenvalue weighted by Gasteiger charge is 2.15. The molecule has 20 heavy (non-hydrogen) atoms. The highest BCUT2D eigenvalue weighted by molar-refractivity contribution is 5.90. The molecule has 1 aromatic carbocycles. The van der Waals surface area contributed by atoms with Crippen LogP contribution < -0.4 is 0 Å². The monoisotopic (exact) mass is 270 g/mol. The molecule has 0 unspecified atom stereocenters. The zero-order valence-electron chi connectivity index (χ0n) is 11.8. The molecule has 0 saturated carbocycles. The fourth-order valence-electron chi connectivity index (χ4n) is 1.95. The Hall–Kier alpha value is -2.23. The molecule has 0 N–H and O–H groups in total. The summed E-state index contributed by atoms with van der Waals surface area (Å²) in [5.74, 6) is 0.290. The Bertz CT molecular complexity index is 582. The molecule has 1 aromatic heterocycles. The molecule has 0 spiro atoms. The van der Waals surface area contributed by atoms with Crippen molar-refractivity contribution in [2.45, 2.75) is 26.7 Å². The van der Waals surface area contributed by atoms with Crippen molar-refractivity contribution in [3.05, 3.63) is 47.8 Å². The van der Waals surface area contributed by atoms with E-state index in [0.29, 0.717) is 18.0 Å². The fourth-order valence-corrected chi connectivity index (χ4v) is 1.95. The molecule has 0 aliphatic rings. The molecule has 0 aliphatic carbocycles. The summed E-state index contributed by atoms with van der Waals surface area (Å²) in [5, 5.41) is 0. The van der Waals surface area contributed by atoms with Crippen molar-refractivity contribution in [3.8, 4) is 11.4 Å². The van der Waals surface area contributed by atoms with Crippen molar-refractivity contribution in [1.29, 1.82) is 0 Å². The molecule has 2 rings (SSSR count). The lowest BCUT2D eigenvalue weighted by molar-refractivity contribution is 0.0524. The molecule has 0 radical (unpaired) electrons. The van der Waals surface area contributed by atoms with Crippen molar-refractivity contribution in [1.82, 2.24) is 9.97 Å². The molecule has 2 aromatic rings. The molecule has 0 bridgehead atoms. The first-order chi connectivity index (χ1) is 9.76. The lowest BCUT2D eigenvalue weighted by Gasteiger charge is -2.09. The Kier molecular flexibility index (Phi) is 4.82. The molecule has 0 atom stereocenters. The minimum atomic E-state index is -0.351. The van der Waals surface area contributed by atoms with Gasteiger partial charge in [-0.1, -0.05) is 43.7 Å². The van der Waals surface area contributed by atoms with Crippen molar-refractivity contribution in [2.75, 3.05) is 6.61 Å². The third-order valence-electron chi connectivity index (χ3n) is 2.88. The normalized spacial score (nSPS) is 10.3. The third kappa shape index (κ3) is 3.20. The topological polar surface area (TPSA) is 52.1 Å². The number of nitrogens with zero attached hydrogens (tertiary/aromatic N) is 2. The molecule has 4 nitrogen and oxygen atoms in total. The van der Waals surface area contributed by atoms with Crippen LogP contribution in [0.4, 0.5) is 0 Å². The summed E-state index contributed by atoms with van der Waals surface area (Å²) in [4.78, 5) is 20.7. The Labute approximate surface area is 118 Å². The summed E-state index contributed by atoms with van der Waals surface area (Å²) < 4.78 is 5.04. The van der Waals surface area contributed by atoms with Gasteiger partial charge in [-0.2, -0.15) is 0 Å². The van der Waals surface area contributed by atoms with E-state index in [2.05, 4.69) is 16.9 Å². The number of hydrogen-bond acceptors (Lipinski definition) is 4. The molecule has 0 fully saturated rings. The van der Waals surface area contributed by atoms with Crippen molar-refractivity contribution in [3.63, 3.8) is 0 Å². The molecule has 0 saturated heterocycles. The largest absolute Gasteiger partial charge is 0.462 e. The number of carbonyl (C=O) groups is 1. The predicted octanol–water partition coefficient (Wildman–Crippen LogP) is 3.27. The van der Waals surface area contributed by atoms with Crippen molar-refractivity contribution < 1.29 is 9.53 Å². The smallest absolute Gasteiger partial charge is 0.341 e. The Morgan fingerprint density at radius 1 is 1.20 bits per heavy atom. The van der Waals surface area contributed by atoms with Gasteiger partial charge in [0.15, 0.2) is 5.82 Å². The highest BCUT2D eigenvalue weighted by atomic mass is 16.5. The van der Waals surface area contributed by atoms with E-state index in [4.69, 9.17) is 4.74 Å². The summed E-state index contributed by atoms with van der Waals surface area (Å²) in [6.45, 7) is 4.20. The molecular weight excluding hydrogens is 252 g/mol. The molecule has 4 heteroatoms. The maximum atomic E-state index is 11.9.